The fraction of sp³-hybridized carbons (Fsp3) is 0.125. The average molecular weight is 288 g/mol. The molecule has 0 saturated carbocycles. The van der Waals surface area contributed by atoms with E-state index in [1.807, 2.05) is 0 Å². The van der Waals surface area contributed by atoms with Gasteiger partial charge < -0.3 is 4.42 Å². The van der Waals surface area contributed by atoms with Crippen molar-refractivity contribution in [2.45, 2.75) is 13.0 Å². The van der Waals surface area contributed by atoms with Crippen LogP contribution in [0.2, 0.25) is 0 Å². The summed E-state index contributed by atoms with van der Waals surface area (Å²) in [4.78, 5) is 0. The molecule has 0 spiro atoms. The first kappa shape index (κ1) is 13.7. The lowest BCUT2D eigenvalue weighted by atomic mass is 10.0. The van der Waals surface area contributed by atoms with E-state index >= 15 is 0 Å². The number of hydrogen-bond donors (Lipinski definition) is 2. The summed E-state index contributed by atoms with van der Waals surface area (Å²) in [6, 6.07) is 10.6. The van der Waals surface area contributed by atoms with Gasteiger partial charge in [-0.3, -0.25) is 5.84 Å². The highest BCUT2D eigenvalue weighted by Gasteiger charge is 2.19. The van der Waals surface area contributed by atoms with Crippen molar-refractivity contribution in [2.75, 3.05) is 0 Å². The van der Waals surface area contributed by atoms with Crippen LogP contribution in [0, 0.1) is 18.6 Å². The number of aryl methyl sites for hydroxylation is 1. The van der Waals surface area contributed by atoms with Crippen LogP contribution in [-0.4, -0.2) is 0 Å². The fourth-order valence-electron chi connectivity index (χ4n) is 2.32. The number of rotatable bonds is 3. The van der Waals surface area contributed by atoms with Crippen LogP contribution in [0.3, 0.4) is 0 Å². The zero-order valence-corrected chi connectivity index (χ0v) is 11.4. The van der Waals surface area contributed by atoms with Crippen molar-refractivity contribution < 1.29 is 13.2 Å². The second kappa shape index (κ2) is 5.27. The summed E-state index contributed by atoms with van der Waals surface area (Å²) >= 11 is 0. The second-order valence-corrected chi connectivity index (χ2v) is 4.92. The van der Waals surface area contributed by atoms with Gasteiger partial charge in [0.05, 0.1) is 0 Å². The second-order valence-electron chi connectivity index (χ2n) is 4.92. The normalized spacial score (nSPS) is 12.8. The molecule has 108 valence electrons. The van der Waals surface area contributed by atoms with Gasteiger partial charge in [-0.1, -0.05) is 24.3 Å². The Morgan fingerprint density at radius 2 is 1.90 bits per heavy atom. The molecule has 0 saturated heterocycles. The molecule has 0 amide bonds. The molecule has 3 aromatic rings. The van der Waals surface area contributed by atoms with Gasteiger partial charge in [-0.2, -0.15) is 0 Å². The van der Waals surface area contributed by atoms with Crippen LogP contribution in [0.15, 0.2) is 46.9 Å². The molecular weight excluding hydrogens is 274 g/mol. The Kier molecular flexibility index (Phi) is 3.45. The number of hydrazine groups is 1. The molecule has 3 nitrogen and oxygen atoms in total. The fourth-order valence-corrected chi connectivity index (χ4v) is 2.32. The summed E-state index contributed by atoms with van der Waals surface area (Å²) in [6.45, 7) is 1.68. The van der Waals surface area contributed by atoms with E-state index in [0.29, 0.717) is 22.3 Å². The van der Waals surface area contributed by atoms with E-state index in [-0.39, 0.29) is 11.4 Å². The van der Waals surface area contributed by atoms with Crippen LogP contribution >= 0.6 is 0 Å². The van der Waals surface area contributed by atoms with Crippen LogP contribution in [0.1, 0.15) is 22.9 Å². The standard InChI is InChI=1S/C16H14F2N2O/c1-9-5-6-10(7-13(9)18)15(20-19)14-8-11-3-2-4-12(17)16(11)21-14/h2-8,15,20H,19H2,1H3. The van der Waals surface area contributed by atoms with E-state index in [4.69, 9.17) is 10.3 Å². The molecule has 1 aromatic heterocycles. The summed E-state index contributed by atoms with van der Waals surface area (Å²) < 4.78 is 32.9. The minimum atomic E-state index is -0.549. The third-order valence-corrected chi connectivity index (χ3v) is 3.50. The molecule has 3 N–H and O–H groups in total. The first-order valence-corrected chi connectivity index (χ1v) is 6.50. The lowest BCUT2D eigenvalue weighted by Crippen LogP contribution is -2.28. The van der Waals surface area contributed by atoms with E-state index in [1.54, 1.807) is 37.3 Å². The summed E-state index contributed by atoms with van der Waals surface area (Å²) in [5, 5.41) is 0.637. The number of nitrogens with two attached hydrogens (primary N) is 1. The van der Waals surface area contributed by atoms with Gasteiger partial charge in [-0.25, -0.2) is 14.2 Å². The number of hydrogen-bond acceptors (Lipinski definition) is 3. The van der Waals surface area contributed by atoms with E-state index < -0.39 is 11.9 Å². The van der Waals surface area contributed by atoms with E-state index in [9.17, 15) is 8.78 Å². The zero-order valence-electron chi connectivity index (χ0n) is 11.4. The monoisotopic (exact) mass is 288 g/mol. The first-order chi connectivity index (χ1) is 10.1. The van der Waals surface area contributed by atoms with Crippen molar-refractivity contribution in [3.8, 4) is 0 Å². The Bertz CT molecular complexity index is 798. The summed E-state index contributed by atoms with van der Waals surface area (Å²) in [5.74, 6) is 5.23. The Morgan fingerprint density at radius 3 is 2.57 bits per heavy atom. The van der Waals surface area contributed by atoms with Crippen LogP contribution < -0.4 is 11.3 Å². The summed E-state index contributed by atoms with van der Waals surface area (Å²) in [5.41, 5.74) is 3.90. The van der Waals surface area contributed by atoms with Gasteiger partial charge in [-0.05, 0) is 36.2 Å². The SMILES string of the molecule is Cc1ccc(C(NN)c2cc3cccc(F)c3o2)cc1F. The van der Waals surface area contributed by atoms with Crippen LogP contribution in [-0.2, 0) is 0 Å². The molecule has 3 rings (SSSR count). The summed E-state index contributed by atoms with van der Waals surface area (Å²) in [7, 11) is 0. The number of para-hydroxylation sites is 1. The zero-order chi connectivity index (χ0) is 15.0. The van der Waals surface area contributed by atoms with Gasteiger partial charge in [0.15, 0.2) is 11.4 Å². The van der Waals surface area contributed by atoms with Crippen molar-refractivity contribution in [2.24, 2.45) is 5.84 Å². The molecule has 0 aliphatic carbocycles. The molecule has 0 radical (unpaired) electrons. The minimum Gasteiger partial charge on any atom is -0.456 e. The van der Waals surface area contributed by atoms with Gasteiger partial charge in [0.1, 0.15) is 17.6 Å². The maximum Gasteiger partial charge on any atom is 0.169 e. The highest BCUT2D eigenvalue weighted by molar-refractivity contribution is 5.78. The molecule has 5 heteroatoms. The van der Waals surface area contributed by atoms with Crippen molar-refractivity contribution in [3.63, 3.8) is 0 Å². The third kappa shape index (κ3) is 2.41. The lowest BCUT2D eigenvalue weighted by Gasteiger charge is -2.14. The minimum absolute atomic E-state index is 0.167. The Balaban J connectivity index is 2.09. The third-order valence-electron chi connectivity index (χ3n) is 3.50. The number of halogens is 2. The average Bonchev–Trinajstić information content (AvgIpc) is 2.89. The highest BCUT2D eigenvalue weighted by Crippen LogP contribution is 2.29. The molecule has 0 fully saturated rings. The van der Waals surface area contributed by atoms with E-state index in [0.717, 1.165) is 0 Å². The van der Waals surface area contributed by atoms with Gasteiger partial charge in [0.2, 0.25) is 0 Å². The van der Waals surface area contributed by atoms with Crippen molar-refractivity contribution >= 4 is 11.0 Å². The first-order valence-electron chi connectivity index (χ1n) is 6.50. The molecule has 0 bridgehead atoms. The smallest absolute Gasteiger partial charge is 0.169 e. The van der Waals surface area contributed by atoms with Crippen molar-refractivity contribution in [1.82, 2.24) is 5.43 Å². The molecule has 1 unspecified atom stereocenters. The number of nitrogens with one attached hydrogen (secondary N) is 1. The lowest BCUT2D eigenvalue weighted by molar-refractivity contribution is 0.463. The van der Waals surface area contributed by atoms with Crippen LogP contribution in [0.4, 0.5) is 8.78 Å². The van der Waals surface area contributed by atoms with E-state index in [1.165, 1.54) is 12.1 Å². The Morgan fingerprint density at radius 1 is 1.10 bits per heavy atom. The van der Waals surface area contributed by atoms with E-state index in [2.05, 4.69) is 5.43 Å². The molecule has 1 atom stereocenters. The van der Waals surface area contributed by atoms with Crippen LogP contribution in [0.25, 0.3) is 11.0 Å². The predicted molar refractivity (Wildman–Crippen MR) is 76.5 cm³/mol. The molecule has 0 aliphatic heterocycles. The maximum absolute atomic E-state index is 13.7. The largest absolute Gasteiger partial charge is 0.456 e. The quantitative estimate of drug-likeness (QED) is 0.572. The number of benzene rings is 2. The number of furan rings is 1. The van der Waals surface area contributed by atoms with Gasteiger partial charge >= 0.3 is 0 Å². The van der Waals surface area contributed by atoms with Gasteiger partial charge in [0, 0.05) is 5.39 Å². The number of fused-ring (bicyclic) bond motifs is 1. The molecule has 2 aromatic carbocycles. The Hall–Kier alpha value is -2.24. The molecule has 1 heterocycles. The molecule has 0 aliphatic rings. The van der Waals surface area contributed by atoms with Gasteiger partial charge in [0.25, 0.3) is 0 Å². The predicted octanol–water partition coefficient (Wildman–Crippen LogP) is 3.57. The van der Waals surface area contributed by atoms with Crippen molar-refractivity contribution in [1.29, 1.82) is 0 Å². The topological polar surface area (TPSA) is 51.2 Å². The summed E-state index contributed by atoms with van der Waals surface area (Å²) in [6.07, 6.45) is 0. The highest BCUT2D eigenvalue weighted by atomic mass is 19.1. The molecule has 21 heavy (non-hydrogen) atoms. The van der Waals surface area contributed by atoms with Crippen molar-refractivity contribution in [3.05, 3.63) is 71.0 Å². The Labute approximate surface area is 120 Å². The molecular formula is C16H14F2N2O. The maximum atomic E-state index is 13.7. The van der Waals surface area contributed by atoms with Crippen LogP contribution in [0.5, 0.6) is 0 Å². The van der Waals surface area contributed by atoms with Gasteiger partial charge in [-0.15, -0.1) is 0 Å².